The second-order valence-corrected chi connectivity index (χ2v) is 12.2. The first-order valence-electron chi connectivity index (χ1n) is 14.5. The summed E-state index contributed by atoms with van der Waals surface area (Å²) in [6.07, 6.45) is 1.81. The Bertz CT molecular complexity index is 2110. The molecule has 232 valence electrons. The summed E-state index contributed by atoms with van der Waals surface area (Å²) in [5.74, 6) is 0.774. The van der Waals surface area contributed by atoms with Crippen LogP contribution in [0.25, 0.3) is 11.8 Å². The summed E-state index contributed by atoms with van der Waals surface area (Å²) in [6, 6.07) is 28.7. The molecule has 0 saturated heterocycles. The maximum atomic E-state index is 14.1. The number of carbonyl (C=O) groups is 1. The standard InChI is InChI=1S/C36H28Cl2N2O5S/c1-3-44-35(42)31-32(23-7-5-4-6-8-23)39-36-40(33(31)24-12-17-27(43-2)18-13-24)34(41)30(46-36)19-22-9-15-28(16-10-22)45-21-25-11-14-26(37)20-29(25)38/h4-20,33H,3,21H2,1-2H3/b30-19-/t33-/m0/s1. The SMILES string of the molecule is CCOC(=O)C1=C(c2ccccc2)N=c2s/c(=C\c3ccc(OCc4ccc(Cl)cc4Cl)cc3)c(=O)n2[C@H]1c1ccc(OC)cc1. The summed E-state index contributed by atoms with van der Waals surface area (Å²) in [4.78, 5) is 33.1. The van der Waals surface area contributed by atoms with Crippen LogP contribution in [-0.4, -0.2) is 24.3 Å². The molecule has 0 aliphatic carbocycles. The number of halogens is 2. The first kappa shape index (κ1) is 31.4. The molecule has 0 fully saturated rings. The van der Waals surface area contributed by atoms with Crippen LogP contribution in [0.2, 0.25) is 10.0 Å². The maximum absolute atomic E-state index is 14.1. The van der Waals surface area contributed by atoms with Crippen LogP contribution in [0.4, 0.5) is 0 Å². The number of methoxy groups -OCH3 is 1. The first-order chi connectivity index (χ1) is 22.4. The average Bonchev–Trinajstić information content (AvgIpc) is 3.38. The van der Waals surface area contributed by atoms with Crippen molar-refractivity contribution in [3.8, 4) is 11.5 Å². The number of benzene rings is 4. The number of ether oxygens (including phenoxy) is 3. The summed E-state index contributed by atoms with van der Waals surface area (Å²) in [6.45, 7) is 2.21. The van der Waals surface area contributed by atoms with Gasteiger partial charge in [0, 0.05) is 21.2 Å². The molecular weight excluding hydrogens is 643 g/mol. The smallest absolute Gasteiger partial charge is 0.338 e. The Morgan fingerprint density at radius 1 is 0.957 bits per heavy atom. The Kier molecular flexibility index (Phi) is 9.40. The molecule has 5 aromatic rings. The lowest BCUT2D eigenvalue weighted by atomic mass is 9.93. The molecule has 10 heteroatoms. The topological polar surface area (TPSA) is 79.1 Å². The number of rotatable bonds is 9. The molecule has 0 N–H and O–H groups in total. The molecule has 1 aliphatic rings. The van der Waals surface area contributed by atoms with Gasteiger partial charge in [-0.2, -0.15) is 0 Å². The van der Waals surface area contributed by atoms with Crippen molar-refractivity contribution < 1.29 is 19.0 Å². The van der Waals surface area contributed by atoms with Crippen LogP contribution in [0, 0.1) is 0 Å². The van der Waals surface area contributed by atoms with Gasteiger partial charge in [-0.05, 0) is 60.5 Å². The van der Waals surface area contributed by atoms with E-state index in [2.05, 4.69) is 0 Å². The van der Waals surface area contributed by atoms with E-state index < -0.39 is 12.0 Å². The highest BCUT2D eigenvalue weighted by Gasteiger charge is 2.35. The van der Waals surface area contributed by atoms with E-state index in [9.17, 15) is 9.59 Å². The molecule has 1 aliphatic heterocycles. The van der Waals surface area contributed by atoms with Crippen molar-refractivity contribution >= 4 is 52.3 Å². The average molecular weight is 672 g/mol. The Morgan fingerprint density at radius 2 is 1.67 bits per heavy atom. The third-order valence-corrected chi connectivity index (χ3v) is 8.96. The highest BCUT2D eigenvalue weighted by Crippen LogP contribution is 2.35. The number of hydrogen-bond acceptors (Lipinski definition) is 7. The molecule has 0 saturated carbocycles. The van der Waals surface area contributed by atoms with E-state index in [4.69, 9.17) is 42.4 Å². The Balaban J connectivity index is 1.42. The maximum Gasteiger partial charge on any atom is 0.338 e. The van der Waals surface area contributed by atoms with Crippen LogP contribution in [0.1, 0.15) is 35.2 Å². The zero-order valence-corrected chi connectivity index (χ0v) is 27.2. The minimum absolute atomic E-state index is 0.177. The zero-order chi connectivity index (χ0) is 32.2. The van der Waals surface area contributed by atoms with Crippen molar-refractivity contribution in [1.29, 1.82) is 0 Å². The number of esters is 1. The molecule has 0 radical (unpaired) electrons. The minimum atomic E-state index is -0.769. The van der Waals surface area contributed by atoms with Gasteiger partial charge in [-0.25, -0.2) is 9.79 Å². The fourth-order valence-electron chi connectivity index (χ4n) is 5.15. The summed E-state index contributed by atoms with van der Waals surface area (Å²) in [5.41, 5.74) is 3.58. The number of nitrogens with zero attached hydrogens (tertiary/aromatic N) is 2. The Labute approximate surface area is 279 Å². The van der Waals surface area contributed by atoms with Gasteiger partial charge in [0.05, 0.1) is 35.6 Å². The van der Waals surface area contributed by atoms with Gasteiger partial charge in [0.1, 0.15) is 18.1 Å². The summed E-state index contributed by atoms with van der Waals surface area (Å²) >= 11 is 13.5. The predicted molar refractivity (Wildman–Crippen MR) is 181 cm³/mol. The van der Waals surface area contributed by atoms with Crippen LogP contribution >= 0.6 is 34.5 Å². The van der Waals surface area contributed by atoms with E-state index in [-0.39, 0.29) is 18.8 Å². The van der Waals surface area contributed by atoms with Crippen LogP contribution in [-0.2, 0) is 16.1 Å². The van der Waals surface area contributed by atoms with Gasteiger partial charge in [-0.1, -0.05) is 95.2 Å². The largest absolute Gasteiger partial charge is 0.497 e. The molecule has 46 heavy (non-hydrogen) atoms. The lowest BCUT2D eigenvalue weighted by Crippen LogP contribution is -2.40. The van der Waals surface area contributed by atoms with E-state index in [0.29, 0.717) is 42.1 Å². The van der Waals surface area contributed by atoms with Crippen molar-refractivity contribution in [2.24, 2.45) is 4.99 Å². The summed E-state index contributed by atoms with van der Waals surface area (Å²) in [5, 5.41) is 1.10. The lowest BCUT2D eigenvalue weighted by Gasteiger charge is -2.26. The summed E-state index contributed by atoms with van der Waals surface area (Å²) < 4.78 is 18.9. The zero-order valence-electron chi connectivity index (χ0n) is 24.9. The third kappa shape index (κ3) is 6.51. The van der Waals surface area contributed by atoms with E-state index in [1.165, 1.54) is 11.3 Å². The first-order valence-corrected chi connectivity index (χ1v) is 16.0. The van der Waals surface area contributed by atoms with Gasteiger partial charge in [-0.15, -0.1) is 0 Å². The van der Waals surface area contributed by atoms with Crippen molar-refractivity contribution in [3.05, 3.63) is 155 Å². The second kappa shape index (κ2) is 13.8. The molecule has 6 rings (SSSR count). The number of hydrogen-bond donors (Lipinski definition) is 0. The highest BCUT2D eigenvalue weighted by molar-refractivity contribution is 7.07. The van der Waals surface area contributed by atoms with Gasteiger partial charge < -0.3 is 14.2 Å². The van der Waals surface area contributed by atoms with E-state index in [1.54, 1.807) is 42.9 Å². The third-order valence-electron chi connectivity index (χ3n) is 7.39. The van der Waals surface area contributed by atoms with Crippen molar-refractivity contribution in [2.45, 2.75) is 19.6 Å². The van der Waals surface area contributed by atoms with Crippen molar-refractivity contribution in [2.75, 3.05) is 13.7 Å². The van der Waals surface area contributed by atoms with Gasteiger partial charge in [0.15, 0.2) is 4.80 Å². The predicted octanol–water partition coefficient (Wildman–Crippen LogP) is 6.83. The van der Waals surface area contributed by atoms with Crippen LogP contribution in [0.15, 0.2) is 112 Å². The second-order valence-electron chi connectivity index (χ2n) is 10.3. The van der Waals surface area contributed by atoms with E-state index >= 15 is 0 Å². The van der Waals surface area contributed by atoms with Crippen molar-refractivity contribution in [1.82, 2.24) is 4.57 Å². The van der Waals surface area contributed by atoms with Crippen LogP contribution < -0.4 is 24.4 Å². The molecule has 0 bridgehead atoms. The molecule has 2 heterocycles. The van der Waals surface area contributed by atoms with Gasteiger partial charge in [0.25, 0.3) is 5.56 Å². The number of fused-ring (bicyclic) bond motifs is 1. The molecule has 1 aromatic heterocycles. The molecule has 0 spiro atoms. The minimum Gasteiger partial charge on any atom is -0.497 e. The Hall–Kier alpha value is -4.63. The normalized spacial score (nSPS) is 14.4. The van der Waals surface area contributed by atoms with Crippen molar-refractivity contribution in [3.63, 3.8) is 0 Å². The van der Waals surface area contributed by atoms with E-state index in [0.717, 1.165) is 22.3 Å². The quantitative estimate of drug-likeness (QED) is 0.161. The number of thiazole rings is 1. The van der Waals surface area contributed by atoms with E-state index in [1.807, 2.05) is 78.9 Å². The molecule has 1 atom stereocenters. The Morgan fingerprint density at radius 3 is 2.35 bits per heavy atom. The monoisotopic (exact) mass is 670 g/mol. The highest BCUT2D eigenvalue weighted by atomic mass is 35.5. The van der Waals surface area contributed by atoms with Gasteiger partial charge in [-0.3, -0.25) is 9.36 Å². The fourth-order valence-corrected chi connectivity index (χ4v) is 6.62. The molecular formula is C36H28Cl2N2O5S. The number of aromatic nitrogens is 1. The fraction of sp³-hybridized carbons (Fsp3) is 0.139. The molecule has 4 aromatic carbocycles. The molecule has 7 nitrogen and oxygen atoms in total. The number of carbonyl (C=O) groups excluding carboxylic acids is 1. The molecule has 0 unspecified atom stereocenters. The lowest BCUT2D eigenvalue weighted by molar-refractivity contribution is -0.138. The van der Waals surface area contributed by atoms with Gasteiger partial charge >= 0.3 is 5.97 Å². The van der Waals surface area contributed by atoms with Crippen LogP contribution in [0.3, 0.4) is 0 Å². The van der Waals surface area contributed by atoms with Gasteiger partial charge in [0.2, 0.25) is 0 Å². The molecule has 0 amide bonds. The van der Waals surface area contributed by atoms with Crippen LogP contribution in [0.5, 0.6) is 11.5 Å². The summed E-state index contributed by atoms with van der Waals surface area (Å²) in [7, 11) is 1.59.